The number of carbonyl (C=O) groups is 1. The molecule has 0 unspecified atom stereocenters. The van der Waals surface area contributed by atoms with Crippen LogP contribution in [0.5, 0.6) is 11.5 Å². The lowest BCUT2D eigenvalue weighted by atomic mass is 10.1. The average molecular weight is 292 g/mol. The molecule has 6 heteroatoms. The summed E-state index contributed by atoms with van der Waals surface area (Å²) in [6, 6.07) is 3.38. The first-order valence-electron chi connectivity index (χ1n) is 6.01. The summed E-state index contributed by atoms with van der Waals surface area (Å²) < 4.78 is 10.5. The molecule has 0 aliphatic heterocycles. The van der Waals surface area contributed by atoms with Crippen molar-refractivity contribution in [2.45, 2.75) is 13.8 Å². The number of methoxy groups -OCH3 is 2. The van der Waals surface area contributed by atoms with Crippen LogP contribution in [0.25, 0.3) is 0 Å². The SMILES string of the molecule is COc1cc(C(=O)Nc2nc(C)cs2)cc(OC)c1C. The second-order valence-corrected chi connectivity index (χ2v) is 5.11. The fourth-order valence-electron chi connectivity index (χ4n) is 1.80. The van der Waals surface area contributed by atoms with Gasteiger partial charge in [-0.25, -0.2) is 4.98 Å². The minimum atomic E-state index is -0.240. The number of thiazole rings is 1. The summed E-state index contributed by atoms with van der Waals surface area (Å²) in [7, 11) is 3.13. The Kier molecular flexibility index (Phi) is 4.24. The Morgan fingerprint density at radius 2 is 1.80 bits per heavy atom. The first kappa shape index (κ1) is 14.3. The van der Waals surface area contributed by atoms with Crippen molar-refractivity contribution in [3.63, 3.8) is 0 Å². The van der Waals surface area contributed by atoms with E-state index < -0.39 is 0 Å². The van der Waals surface area contributed by atoms with Gasteiger partial charge in [0, 0.05) is 16.5 Å². The van der Waals surface area contributed by atoms with E-state index in [-0.39, 0.29) is 5.91 Å². The Morgan fingerprint density at radius 1 is 1.20 bits per heavy atom. The lowest BCUT2D eigenvalue weighted by Crippen LogP contribution is -2.12. The summed E-state index contributed by atoms with van der Waals surface area (Å²) in [6.07, 6.45) is 0. The Balaban J connectivity index is 2.29. The van der Waals surface area contributed by atoms with Crippen LogP contribution < -0.4 is 14.8 Å². The zero-order valence-corrected chi connectivity index (χ0v) is 12.6. The minimum absolute atomic E-state index is 0.240. The van der Waals surface area contributed by atoms with Gasteiger partial charge in [-0.3, -0.25) is 10.1 Å². The van der Waals surface area contributed by atoms with Crippen molar-refractivity contribution < 1.29 is 14.3 Å². The molecule has 1 N–H and O–H groups in total. The molecule has 20 heavy (non-hydrogen) atoms. The van der Waals surface area contributed by atoms with Crippen molar-refractivity contribution in [1.82, 2.24) is 4.98 Å². The van der Waals surface area contributed by atoms with Gasteiger partial charge in [0.15, 0.2) is 5.13 Å². The van der Waals surface area contributed by atoms with Gasteiger partial charge in [0.2, 0.25) is 0 Å². The predicted molar refractivity (Wildman–Crippen MR) is 79.1 cm³/mol. The van der Waals surface area contributed by atoms with Crippen molar-refractivity contribution in [3.05, 3.63) is 34.3 Å². The highest BCUT2D eigenvalue weighted by Crippen LogP contribution is 2.30. The Morgan fingerprint density at radius 3 is 2.25 bits per heavy atom. The zero-order chi connectivity index (χ0) is 14.7. The monoisotopic (exact) mass is 292 g/mol. The molecule has 0 aliphatic rings. The van der Waals surface area contributed by atoms with Gasteiger partial charge in [-0.05, 0) is 26.0 Å². The zero-order valence-electron chi connectivity index (χ0n) is 11.8. The highest BCUT2D eigenvalue weighted by atomic mass is 32.1. The summed E-state index contributed by atoms with van der Waals surface area (Å²) in [5, 5.41) is 5.21. The van der Waals surface area contributed by atoms with Crippen molar-refractivity contribution in [2.24, 2.45) is 0 Å². The van der Waals surface area contributed by atoms with Crippen LogP contribution in [0.4, 0.5) is 5.13 Å². The van der Waals surface area contributed by atoms with Crippen molar-refractivity contribution in [3.8, 4) is 11.5 Å². The number of hydrogen-bond donors (Lipinski definition) is 1. The Labute approximate surface area is 121 Å². The molecule has 0 aliphatic carbocycles. The maximum atomic E-state index is 12.2. The maximum absolute atomic E-state index is 12.2. The van der Waals surface area contributed by atoms with E-state index in [0.29, 0.717) is 22.2 Å². The smallest absolute Gasteiger partial charge is 0.257 e. The quantitative estimate of drug-likeness (QED) is 0.941. The number of hydrogen-bond acceptors (Lipinski definition) is 5. The van der Waals surface area contributed by atoms with Crippen LogP contribution in [-0.4, -0.2) is 25.1 Å². The van der Waals surface area contributed by atoms with Gasteiger partial charge in [-0.1, -0.05) is 0 Å². The lowest BCUT2D eigenvalue weighted by Gasteiger charge is -2.12. The van der Waals surface area contributed by atoms with Gasteiger partial charge >= 0.3 is 0 Å². The van der Waals surface area contributed by atoms with Gasteiger partial charge in [0.25, 0.3) is 5.91 Å². The second kappa shape index (κ2) is 5.92. The number of rotatable bonds is 4. The van der Waals surface area contributed by atoms with Crippen molar-refractivity contribution >= 4 is 22.4 Å². The summed E-state index contributed by atoms with van der Waals surface area (Å²) >= 11 is 1.39. The first-order chi connectivity index (χ1) is 9.55. The number of carbonyl (C=O) groups excluding carboxylic acids is 1. The van der Waals surface area contributed by atoms with E-state index >= 15 is 0 Å². The first-order valence-corrected chi connectivity index (χ1v) is 6.89. The molecule has 5 nitrogen and oxygen atoms in total. The molecular weight excluding hydrogens is 276 g/mol. The molecule has 0 atom stereocenters. The van der Waals surface area contributed by atoms with E-state index in [1.54, 1.807) is 26.4 Å². The van der Waals surface area contributed by atoms with Gasteiger partial charge in [-0.2, -0.15) is 0 Å². The molecule has 0 bridgehead atoms. The van der Waals surface area contributed by atoms with E-state index in [1.807, 2.05) is 19.2 Å². The number of nitrogens with one attached hydrogen (secondary N) is 1. The van der Waals surface area contributed by atoms with E-state index in [0.717, 1.165) is 11.3 Å². The summed E-state index contributed by atoms with van der Waals surface area (Å²) in [4.78, 5) is 16.4. The molecule has 2 aromatic rings. The second-order valence-electron chi connectivity index (χ2n) is 4.25. The molecule has 1 aromatic carbocycles. The van der Waals surface area contributed by atoms with Gasteiger partial charge in [0.05, 0.1) is 19.9 Å². The van der Waals surface area contributed by atoms with Gasteiger partial charge < -0.3 is 9.47 Å². The van der Waals surface area contributed by atoms with E-state index in [9.17, 15) is 4.79 Å². The highest BCUT2D eigenvalue weighted by Gasteiger charge is 2.14. The molecule has 0 saturated heterocycles. The van der Waals surface area contributed by atoms with Crippen LogP contribution in [-0.2, 0) is 0 Å². The molecular formula is C14H16N2O3S. The van der Waals surface area contributed by atoms with E-state index in [4.69, 9.17) is 9.47 Å². The molecule has 0 radical (unpaired) electrons. The molecule has 0 spiro atoms. The van der Waals surface area contributed by atoms with Crippen LogP contribution in [0, 0.1) is 13.8 Å². The Hall–Kier alpha value is -2.08. The average Bonchev–Trinajstić information content (AvgIpc) is 2.84. The number of aryl methyl sites for hydroxylation is 1. The number of aromatic nitrogens is 1. The number of benzene rings is 1. The summed E-state index contributed by atoms with van der Waals surface area (Å²) in [5.41, 5.74) is 2.21. The maximum Gasteiger partial charge on any atom is 0.257 e. The highest BCUT2D eigenvalue weighted by molar-refractivity contribution is 7.13. The molecule has 1 amide bonds. The third-order valence-electron chi connectivity index (χ3n) is 2.85. The predicted octanol–water partition coefficient (Wildman–Crippen LogP) is 3.03. The molecule has 2 rings (SSSR count). The summed E-state index contributed by atoms with van der Waals surface area (Å²) in [6.45, 7) is 3.76. The normalized spacial score (nSPS) is 10.2. The van der Waals surface area contributed by atoms with E-state index in [1.165, 1.54) is 11.3 Å². The largest absolute Gasteiger partial charge is 0.496 e. The van der Waals surface area contributed by atoms with Gasteiger partial charge in [0.1, 0.15) is 11.5 Å². The van der Waals surface area contributed by atoms with Crippen molar-refractivity contribution in [2.75, 3.05) is 19.5 Å². The number of anilines is 1. The third kappa shape index (κ3) is 2.91. The van der Waals surface area contributed by atoms with Crippen LogP contribution in [0.15, 0.2) is 17.5 Å². The molecule has 0 fully saturated rings. The molecule has 106 valence electrons. The molecule has 1 aromatic heterocycles. The summed E-state index contributed by atoms with van der Waals surface area (Å²) in [5.74, 6) is 0.991. The standard InChI is InChI=1S/C14H16N2O3S/c1-8-7-20-14(15-8)16-13(17)10-5-11(18-3)9(2)12(6-10)19-4/h5-7H,1-4H3,(H,15,16,17). The molecule has 0 saturated carbocycles. The fourth-order valence-corrected chi connectivity index (χ4v) is 2.48. The number of nitrogens with zero attached hydrogens (tertiary/aromatic N) is 1. The van der Waals surface area contributed by atoms with Crippen molar-refractivity contribution in [1.29, 1.82) is 0 Å². The Bertz CT molecular complexity index is 612. The number of amides is 1. The van der Waals surface area contributed by atoms with Crippen LogP contribution in [0.1, 0.15) is 21.6 Å². The topological polar surface area (TPSA) is 60.5 Å². The lowest BCUT2D eigenvalue weighted by molar-refractivity contribution is 0.102. The minimum Gasteiger partial charge on any atom is -0.496 e. The molecule has 1 heterocycles. The van der Waals surface area contributed by atoms with Crippen LogP contribution in [0.3, 0.4) is 0 Å². The van der Waals surface area contributed by atoms with Crippen LogP contribution in [0.2, 0.25) is 0 Å². The third-order valence-corrected chi connectivity index (χ3v) is 3.73. The van der Waals surface area contributed by atoms with Gasteiger partial charge in [-0.15, -0.1) is 11.3 Å². The number of ether oxygens (including phenoxy) is 2. The van der Waals surface area contributed by atoms with E-state index in [2.05, 4.69) is 10.3 Å². The van der Waals surface area contributed by atoms with Crippen LogP contribution >= 0.6 is 11.3 Å². The fraction of sp³-hybridized carbons (Fsp3) is 0.286.